The lowest BCUT2D eigenvalue weighted by Gasteiger charge is -2.17. The molecule has 0 aromatic heterocycles. The van der Waals surface area contributed by atoms with Crippen LogP contribution in [0.1, 0.15) is 25.8 Å². The van der Waals surface area contributed by atoms with Crippen LogP contribution >= 0.6 is 11.6 Å². The number of amides is 1. The first kappa shape index (κ1) is 15.8. The third-order valence-corrected chi connectivity index (χ3v) is 2.89. The molecule has 19 heavy (non-hydrogen) atoms. The monoisotopic (exact) mass is 284 g/mol. The van der Waals surface area contributed by atoms with Gasteiger partial charge in [0, 0.05) is 11.6 Å². The Bertz CT molecular complexity index is 424. The minimum absolute atomic E-state index is 0.115. The number of carbonyl (C=O) groups is 1. The van der Waals surface area contributed by atoms with E-state index in [2.05, 4.69) is 5.32 Å². The predicted octanol–water partition coefficient (Wildman–Crippen LogP) is 2.13. The summed E-state index contributed by atoms with van der Waals surface area (Å²) in [6, 6.07) is 5.34. The molecule has 0 aliphatic carbocycles. The number of ether oxygens (including phenoxy) is 1. The Morgan fingerprint density at radius 2 is 2.26 bits per heavy atom. The fourth-order valence-corrected chi connectivity index (χ4v) is 1.84. The van der Waals surface area contributed by atoms with Gasteiger partial charge in [0.1, 0.15) is 5.75 Å². The molecule has 1 aromatic rings. The smallest absolute Gasteiger partial charge is 0.260 e. The van der Waals surface area contributed by atoms with Crippen molar-refractivity contribution in [1.82, 2.24) is 5.32 Å². The van der Waals surface area contributed by atoms with Crippen LogP contribution in [-0.2, 0) is 11.2 Å². The molecule has 0 radical (unpaired) electrons. The van der Waals surface area contributed by atoms with Gasteiger partial charge in [-0.3, -0.25) is 4.79 Å². The maximum absolute atomic E-state index is 11.8. The van der Waals surface area contributed by atoms with Gasteiger partial charge in [0.25, 0.3) is 5.91 Å². The molecule has 0 spiro atoms. The third-order valence-electron chi connectivity index (χ3n) is 2.66. The topological polar surface area (TPSA) is 64.3 Å². The van der Waals surface area contributed by atoms with Crippen molar-refractivity contribution < 1.29 is 9.53 Å². The van der Waals surface area contributed by atoms with Gasteiger partial charge >= 0.3 is 0 Å². The molecule has 0 heterocycles. The minimum Gasteiger partial charge on any atom is -0.481 e. The number of benzene rings is 1. The maximum atomic E-state index is 11.8. The molecule has 1 aromatic carbocycles. The molecule has 0 aliphatic heterocycles. The Balaban J connectivity index is 2.72. The van der Waals surface area contributed by atoms with Crippen molar-refractivity contribution in [1.29, 1.82) is 0 Å². The van der Waals surface area contributed by atoms with E-state index >= 15 is 0 Å². The number of nitrogens with two attached hydrogens (primary N) is 1. The number of nitrogens with one attached hydrogen (secondary N) is 1. The highest BCUT2D eigenvalue weighted by atomic mass is 35.5. The Morgan fingerprint density at radius 1 is 1.53 bits per heavy atom. The number of halogens is 1. The zero-order chi connectivity index (χ0) is 14.3. The Kier molecular flexibility index (Phi) is 6.67. The van der Waals surface area contributed by atoms with Gasteiger partial charge in [0.05, 0.1) is 0 Å². The van der Waals surface area contributed by atoms with Gasteiger partial charge in [0.15, 0.2) is 6.10 Å². The highest BCUT2D eigenvalue weighted by molar-refractivity contribution is 6.30. The van der Waals surface area contributed by atoms with E-state index in [1.807, 2.05) is 13.0 Å². The van der Waals surface area contributed by atoms with Crippen molar-refractivity contribution >= 4 is 17.5 Å². The number of rotatable bonds is 7. The number of carbonyl (C=O) groups excluding carboxylic acids is 1. The summed E-state index contributed by atoms with van der Waals surface area (Å²) in [4.78, 5) is 11.8. The number of hydrogen-bond acceptors (Lipinski definition) is 3. The van der Waals surface area contributed by atoms with E-state index in [0.29, 0.717) is 30.3 Å². The maximum Gasteiger partial charge on any atom is 0.260 e. The second-order valence-electron chi connectivity index (χ2n) is 4.34. The van der Waals surface area contributed by atoms with Crippen LogP contribution in [0.25, 0.3) is 0 Å². The molecule has 5 heteroatoms. The van der Waals surface area contributed by atoms with Gasteiger partial charge in [-0.05, 0) is 50.1 Å². The van der Waals surface area contributed by atoms with Crippen molar-refractivity contribution in [2.24, 2.45) is 5.73 Å². The van der Waals surface area contributed by atoms with Gasteiger partial charge in [0.2, 0.25) is 0 Å². The Hall–Kier alpha value is -1.26. The summed E-state index contributed by atoms with van der Waals surface area (Å²) >= 11 is 5.94. The Labute approximate surface area is 119 Å². The molecule has 4 nitrogen and oxygen atoms in total. The molecule has 0 saturated heterocycles. The summed E-state index contributed by atoms with van der Waals surface area (Å²) in [7, 11) is 0. The lowest BCUT2D eigenvalue weighted by Crippen LogP contribution is -2.36. The van der Waals surface area contributed by atoms with Crippen molar-refractivity contribution in [3.63, 3.8) is 0 Å². The summed E-state index contributed by atoms with van der Waals surface area (Å²) < 4.78 is 5.69. The molecule has 1 amide bonds. The van der Waals surface area contributed by atoms with E-state index in [1.165, 1.54) is 0 Å². The van der Waals surface area contributed by atoms with Gasteiger partial charge < -0.3 is 15.8 Å². The van der Waals surface area contributed by atoms with Crippen LogP contribution in [0.15, 0.2) is 18.2 Å². The van der Waals surface area contributed by atoms with Crippen LogP contribution in [0.2, 0.25) is 5.02 Å². The van der Waals surface area contributed by atoms with E-state index < -0.39 is 6.10 Å². The normalized spacial score (nSPS) is 12.0. The van der Waals surface area contributed by atoms with E-state index in [0.717, 1.165) is 12.0 Å². The first-order valence-electron chi connectivity index (χ1n) is 6.51. The molecular formula is C14H21ClN2O2. The van der Waals surface area contributed by atoms with Crippen LogP contribution in [0.3, 0.4) is 0 Å². The van der Waals surface area contributed by atoms with Crippen molar-refractivity contribution in [2.75, 3.05) is 13.1 Å². The first-order valence-corrected chi connectivity index (χ1v) is 6.89. The summed E-state index contributed by atoms with van der Waals surface area (Å²) in [6.07, 6.45) is 1.03. The highest BCUT2D eigenvalue weighted by Crippen LogP contribution is 2.24. The molecule has 0 saturated carbocycles. The zero-order valence-corrected chi connectivity index (χ0v) is 12.2. The number of hydrogen-bond donors (Lipinski definition) is 2. The van der Waals surface area contributed by atoms with Gasteiger partial charge in [-0.25, -0.2) is 0 Å². The summed E-state index contributed by atoms with van der Waals surface area (Å²) in [5.74, 6) is 0.546. The SMILES string of the molecule is CCCNC(=O)C(C)Oc1ccc(Cl)cc1CCN. The fourth-order valence-electron chi connectivity index (χ4n) is 1.65. The van der Waals surface area contributed by atoms with E-state index in [4.69, 9.17) is 22.1 Å². The van der Waals surface area contributed by atoms with Crippen LogP contribution < -0.4 is 15.8 Å². The Morgan fingerprint density at radius 3 is 2.89 bits per heavy atom. The molecular weight excluding hydrogens is 264 g/mol. The molecule has 1 rings (SSSR count). The minimum atomic E-state index is -0.538. The lowest BCUT2D eigenvalue weighted by atomic mass is 10.1. The molecule has 0 bridgehead atoms. The summed E-state index contributed by atoms with van der Waals surface area (Å²) in [6.45, 7) is 4.89. The van der Waals surface area contributed by atoms with E-state index in [9.17, 15) is 4.79 Å². The largest absolute Gasteiger partial charge is 0.481 e. The van der Waals surface area contributed by atoms with Crippen LogP contribution in [0.5, 0.6) is 5.75 Å². The second kappa shape index (κ2) is 8.02. The van der Waals surface area contributed by atoms with E-state index in [1.54, 1.807) is 19.1 Å². The van der Waals surface area contributed by atoms with Crippen molar-refractivity contribution in [2.45, 2.75) is 32.8 Å². The highest BCUT2D eigenvalue weighted by Gasteiger charge is 2.15. The van der Waals surface area contributed by atoms with Crippen LogP contribution in [0, 0.1) is 0 Å². The average Bonchev–Trinajstić information content (AvgIpc) is 2.39. The average molecular weight is 285 g/mol. The predicted molar refractivity (Wildman–Crippen MR) is 77.6 cm³/mol. The van der Waals surface area contributed by atoms with Crippen LogP contribution in [-0.4, -0.2) is 25.1 Å². The summed E-state index contributed by atoms with van der Waals surface area (Å²) in [5, 5.41) is 3.44. The lowest BCUT2D eigenvalue weighted by molar-refractivity contribution is -0.127. The second-order valence-corrected chi connectivity index (χ2v) is 4.78. The van der Waals surface area contributed by atoms with Crippen molar-refractivity contribution in [3.8, 4) is 5.75 Å². The molecule has 1 atom stereocenters. The summed E-state index contributed by atoms with van der Waals surface area (Å²) in [5.41, 5.74) is 6.48. The van der Waals surface area contributed by atoms with Gasteiger partial charge in [-0.1, -0.05) is 18.5 Å². The molecule has 106 valence electrons. The third kappa shape index (κ3) is 5.09. The molecule has 3 N–H and O–H groups in total. The standard InChI is InChI=1S/C14H21ClN2O2/c1-3-8-17-14(18)10(2)19-13-5-4-12(15)9-11(13)6-7-16/h4-5,9-10H,3,6-8,16H2,1-2H3,(H,17,18). The molecule has 0 aliphatic rings. The van der Waals surface area contributed by atoms with Crippen molar-refractivity contribution in [3.05, 3.63) is 28.8 Å². The molecule has 1 unspecified atom stereocenters. The first-order chi connectivity index (χ1) is 9.08. The van der Waals surface area contributed by atoms with Gasteiger partial charge in [-0.15, -0.1) is 0 Å². The zero-order valence-electron chi connectivity index (χ0n) is 11.4. The van der Waals surface area contributed by atoms with Crippen LogP contribution in [0.4, 0.5) is 0 Å². The van der Waals surface area contributed by atoms with E-state index in [-0.39, 0.29) is 5.91 Å². The fraction of sp³-hybridized carbons (Fsp3) is 0.500. The van der Waals surface area contributed by atoms with Gasteiger partial charge in [-0.2, -0.15) is 0 Å². The molecule has 0 fully saturated rings. The quantitative estimate of drug-likeness (QED) is 0.806.